The third-order valence-corrected chi connectivity index (χ3v) is 3.61. The Morgan fingerprint density at radius 2 is 1.71 bits per heavy atom. The molecule has 7 nitrogen and oxygen atoms in total. The lowest BCUT2D eigenvalue weighted by molar-refractivity contribution is -0.132. The molecule has 0 aromatic rings. The minimum atomic E-state index is -3.38. The molecule has 100 valence electrons. The first-order valence-electron chi connectivity index (χ1n) is 5.09. The molecule has 0 fully saturated rings. The van der Waals surface area contributed by atoms with E-state index in [0.717, 1.165) is 0 Å². The van der Waals surface area contributed by atoms with Gasteiger partial charge in [0.05, 0.1) is 20.3 Å². The van der Waals surface area contributed by atoms with Crippen molar-refractivity contribution in [3.8, 4) is 0 Å². The first kappa shape index (κ1) is 16.1. The van der Waals surface area contributed by atoms with E-state index >= 15 is 0 Å². The normalized spacial score (nSPS) is 12.4. The molecule has 0 amide bonds. The first-order chi connectivity index (χ1) is 8.02. The number of hydrogen-bond donors (Lipinski definition) is 0. The third kappa shape index (κ3) is 5.81. The highest BCUT2D eigenvalue weighted by Crippen LogP contribution is 2.47. The second kappa shape index (κ2) is 8.22. The number of nitrogens with zero attached hydrogens (tertiary/aromatic N) is 1. The highest BCUT2D eigenvalue weighted by Gasteiger charge is 2.30. The van der Waals surface area contributed by atoms with Crippen LogP contribution in [0.15, 0.2) is 5.16 Å². The fraction of sp³-hybridized carbons (Fsp3) is 0.778. The van der Waals surface area contributed by atoms with Gasteiger partial charge < -0.3 is 18.6 Å². The molecule has 0 saturated heterocycles. The number of carbonyl (C=O) groups is 1. The van der Waals surface area contributed by atoms with Gasteiger partial charge in [0.1, 0.15) is 13.3 Å². The van der Waals surface area contributed by atoms with Crippen LogP contribution in [0.3, 0.4) is 0 Å². The van der Waals surface area contributed by atoms with Crippen molar-refractivity contribution in [3.63, 3.8) is 0 Å². The van der Waals surface area contributed by atoms with E-state index in [9.17, 15) is 9.36 Å². The number of methoxy groups -OCH3 is 1. The maximum atomic E-state index is 12.1. The van der Waals surface area contributed by atoms with Crippen LogP contribution in [0.1, 0.15) is 13.8 Å². The first-order valence-corrected chi connectivity index (χ1v) is 6.82. The quantitative estimate of drug-likeness (QED) is 0.286. The highest BCUT2D eigenvalue weighted by atomic mass is 31.2. The second-order valence-corrected chi connectivity index (χ2v) is 4.87. The summed E-state index contributed by atoms with van der Waals surface area (Å²) in [7, 11) is -0.917. The highest BCUT2D eigenvalue weighted by molar-refractivity contribution is 7.55. The molecule has 0 unspecified atom stereocenters. The fourth-order valence-electron chi connectivity index (χ4n) is 1.06. The Labute approximate surface area is 101 Å². The molecule has 17 heavy (non-hydrogen) atoms. The van der Waals surface area contributed by atoms with Crippen molar-refractivity contribution < 1.29 is 28.0 Å². The third-order valence-electron chi connectivity index (χ3n) is 1.62. The summed E-state index contributed by atoms with van der Waals surface area (Å²) >= 11 is 0. The van der Waals surface area contributed by atoms with Gasteiger partial charge in [0.15, 0.2) is 5.71 Å². The molecule has 0 N–H and O–H groups in total. The molecule has 0 radical (unpaired) electrons. The SMILES string of the molecule is CCOP(=O)(C/C(=N\OC)C(=O)OC)OCC. The number of esters is 1. The second-order valence-electron chi connectivity index (χ2n) is 2.82. The Morgan fingerprint density at radius 1 is 1.18 bits per heavy atom. The van der Waals surface area contributed by atoms with E-state index < -0.39 is 13.6 Å². The van der Waals surface area contributed by atoms with Gasteiger partial charge in [0, 0.05) is 0 Å². The molecule has 0 bridgehead atoms. The number of ether oxygens (including phenoxy) is 1. The molecule has 0 saturated carbocycles. The lowest BCUT2D eigenvalue weighted by Crippen LogP contribution is -2.21. The van der Waals surface area contributed by atoms with Crippen molar-refractivity contribution in [2.75, 3.05) is 33.6 Å². The van der Waals surface area contributed by atoms with Crippen molar-refractivity contribution >= 4 is 19.3 Å². The van der Waals surface area contributed by atoms with Crippen LogP contribution < -0.4 is 0 Å². The van der Waals surface area contributed by atoms with Crippen molar-refractivity contribution in [2.24, 2.45) is 5.16 Å². The molecule has 0 aliphatic rings. The van der Waals surface area contributed by atoms with Crippen LogP contribution in [-0.4, -0.2) is 45.3 Å². The summed E-state index contributed by atoms with van der Waals surface area (Å²) in [6.07, 6.45) is -0.283. The predicted octanol–water partition coefficient (Wildman–Crippen LogP) is 1.43. The van der Waals surface area contributed by atoms with Gasteiger partial charge >= 0.3 is 13.6 Å². The van der Waals surface area contributed by atoms with Gasteiger partial charge in [0.25, 0.3) is 0 Å². The summed E-state index contributed by atoms with van der Waals surface area (Å²) in [5.74, 6) is -0.730. The Kier molecular flexibility index (Phi) is 7.78. The molecule has 8 heteroatoms. The summed E-state index contributed by atoms with van der Waals surface area (Å²) in [5, 5.41) is 3.45. The molecular weight excluding hydrogens is 249 g/mol. The molecule has 0 spiro atoms. The van der Waals surface area contributed by atoms with Crippen molar-refractivity contribution in [1.29, 1.82) is 0 Å². The molecule has 0 aromatic heterocycles. The van der Waals surface area contributed by atoms with E-state index in [-0.39, 0.29) is 25.1 Å². The van der Waals surface area contributed by atoms with Crippen LogP contribution in [0, 0.1) is 0 Å². The maximum absolute atomic E-state index is 12.1. The number of rotatable bonds is 8. The number of hydrogen-bond acceptors (Lipinski definition) is 7. The maximum Gasteiger partial charge on any atom is 0.356 e. The lowest BCUT2D eigenvalue weighted by atomic mass is 10.4. The average molecular weight is 267 g/mol. The van der Waals surface area contributed by atoms with Gasteiger partial charge in [-0.15, -0.1) is 0 Å². The molecule has 0 heterocycles. The van der Waals surface area contributed by atoms with Crippen LogP contribution in [0.2, 0.25) is 0 Å². The predicted molar refractivity (Wildman–Crippen MR) is 62.2 cm³/mol. The van der Waals surface area contributed by atoms with Gasteiger partial charge in [-0.3, -0.25) is 4.57 Å². The van der Waals surface area contributed by atoms with Crippen LogP contribution in [0.4, 0.5) is 0 Å². The monoisotopic (exact) mass is 267 g/mol. The summed E-state index contributed by atoms with van der Waals surface area (Å²) in [5.41, 5.74) is -0.139. The molecule has 0 aliphatic heterocycles. The summed E-state index contributed by atoms with van der Waals surface area (Å²) in [4.78, 5) is 15.8. The van der Waals surface area contributed by atoms with Crippen molar-refractivity contribution in [3.05, 3.63) is 0 Å². The Morgan fingerprint density at radius 3 is 2.06 bits per heavy atom. The fourth-order valence-corrected chi connectivity index (χ4v) is 2.66. The summed E-state index contributed by atoms with van der Waals surface area (Å²) in [6, 6.07) is 0. The van der Waals surface area contributed by atoms with E-state index in [1.165, 1.54) is 14.2 Å². The number of oxime groups is 1. The van der Waals surface area contributed by atoms with E-state index in [1.54, 1.807) is 13.8 Å². The Balaban J connectivity index is 4.86. The zero-order valence-corrected chi connectivity index (χ0v) is 11.4. The minimum Gasteiger partial charge on any atom is -0.464 e. The van der Waals surface area contributed by atoms with Crippen molar-refractivity contribution in [2.45, 2.75) is 13.8 Å². The van der Waals surface area contributed by atoms with Crippen LogP contribution in [0.25, 0.3) is 0 Å². The average Bonchev–Trinajstić information content (AvgIpc) is 2.28. The molecule has 0 aliphatic carbocycles. The molecule has 0 atom stereocenters. The molecule has 0 aromatic carbocycles. The van der Waals surface area contributed by atoms with Gasteiger partial charge in [-0.2, -0.15) is 0 Å². The van der Waals surface area contributed by atoms with E-state index in [2.05, 4.69) is 14.7 Å². The Hall–Kier alpha value is -0.910. The van der Waals surface area contributed by atoms with E-state index in [1.807, 2.05) is 0 Å². The lowest BCUT2D eigenvalue weighted by Gasteiger charge is -2.16. The molecule has 0 rings (SSSR count). The van der Waals surface area contributed by atoms with Gasteiger partial charge in [-0.1, -0.05) is 5.16 Å². The minimum absolute atomic E-state index is 0.139. The van der Waals surface area contributed by atoms with Gasteiger partial charge in [-0.25, -0.2) is 4.79 Å². The number of carbonyl (C=O) groups excluding carboxylic acids is 1. The van der Waals surface area contributed by atoms with E-state index in [0.29, 0.717) is 0 Å². The summed E-state index contributed by atoms with van der Waals surface area (Å²) < 4.78 is 26.7. The topological polar surface area (TPSA) is 83.4 Å². The summed E-state index contributed by atoms with van der Waals surface area (Å²) in [6.45, 7) is 3.77. The Bertz CT molecular complexity index is 307. The zero-order valence-electron chi connectivity index (χ0n) is 10.5. The largest absolute Gasteiger partial charge is 0.464 e. The van der Waals surface area contributed by atoms with E-state index in [4.69, 9.17) is 9.05 Å². The smallest absolute Gasteiger partial charge is 0.356 e. The van der Waals surface area contributed by atoms with Gasteiger partial charge in [0.2, 0.25) is 0 Å². The van der Waals surface area contributed by atoms with Crippen molar-refractivity contribution in [1.82, 2.24) is 0 Å². The standard InChI is InChI=1S/C9H18NO6P/c1-5-15-17(12,16-6-2)7-8(10-14-4)9(11)13-3/h5-7H2,1-4H3/b10-8+. The molecular formula is C9H18NO6P. The van der Waals surface area contributed by atoms with Crippen LogP contribution in [-0.2, 0) is 28.0 Å². The van der Waals surface area contributed by atoms with Crippen LogP contribution in [0.5, 0.6) is 0 Å². The van der Waals surface area contributed by atoms with Gasteiger partial charge in [-0.05, 0) is 13.8 Å². The zero-order chi connectivity index (χ0) is 13.3. The van der Waals surface area contributed by atoms with Crippen LogP contribution >= 0.6 is 7.60 Å².